The second kappa shape index (κ2) is 7.97. The minimum absolute atomic E-state index is 0.254. The summed E-state index contributed by atoms with van der Waals surface area (Å²) in [6.07, 6.45) is 0. The van der Waals surface area contributed by atoms with E-state index in [9.17, 15) is 4.79 Å². The van der Waals surface area contributed by atoms with E-state index < -0.39 is 0 Å². The van der Waals surface area contributed by atoms with Crippen LogP contribution in [-0.4, -0.2) is 25.5 Å². The quantitative estimate of drug-likeness (QED) is 0.404. The first kappa shape index (κ1) is 18.4. The summed E-state index contributed by atoms with van der Waals surface area (Å²) in [7, 11) is 4.17. The maximum Gasteiger partial charge on any atom is 0.336 e. The van der Waals surface area contributed by atoms with Crippen molar-refractivity contribution in [3.63, 3.8) is 0 Å². The lowest BCUT2D eigenvalue weighted by molar-refractivity contribution is 0.288. The van der Waals surface area contributed by atoms with Crippen molar-refractivity contribution >= 4 is 21.7 Å². The Kier molecular flexibility index (Phi) is 5.24. The van der Waals surface area contributed by atoms with Gasteiger partial charge in [0.1, 0.15) is 5.58 Å². The van der Waals surface area contributed by atoms with Gasteiger partial charge in [0, 0.05) is 30.6 Å². The molecular formula is C24H24N2O2. The predicted molar refractivity (Wildman–Crippen MR) is 115 cm³/mol. The molecule has 0 saturated carbocycles. The van der Waals surface area contributed by atoms with Crippen LogP contribution in [0.4, 0.5) is 0 Å². The molecule has 0 aliphatic rings. The highest BCUT2D eigenvalue weighted by Crippen LogP contribution is 2.27. The molecular weight excluding hydrogens is 348 g/mol. The SMILES string of the molecule is CN(C)[C@@H](CNCc1cc(=O)oc2ccc3ccccc3c12)c1ccccc1. The van der Waals surface area contributed by atoms with Gasteiger partial charge in [-0.25, -0.2) is 4.79 Å². The maximum absolute atomic E-state index is 12.1. The first-order valence-corrected chi connectivity index (χ1v) is 9.50. The van der Waals surface area contributed by atoms with Gasteiger partial charge in [0.25, 0.3) is 0 Å². The standard InChI is InChI=1S/C24H24N2O2/c1-26(2)21(18-9-4-3-5-10-18)16-25-15-19-14-23(27)28-22-13-12-17-8-6-7-11-20(17)24(19)22/h3-14,21,25H,15-16H2,1-2H3/t21-/m0/s1. The Bertz CT molecular complexity index is 1150. The molecule has 1 N–H and O–H groups in total. The molecule has 0 aliphatic heterocycles. The van der Waals surface area contributed by atoms with Crippen LogP contribution in [0.2, 0.25) is 0 Å². The molecule has 0 aliphatic carbocycles. The van der Waals surface area contributed by atoms with Crippen LogP contribution in [0.3, 0.4) is 0 Å². The van der Waals surface area contributed by atoms with E-state index in [0.29, 0.717) is 12.1 Å². The molecule has 0 bridgehead atoms. The lowest BCUT2D eigenvalue weighted by Crippen LogP contribution is -2.31. The van der Waals surface area contributed by atoms with E-state index in [2.05, 4.69) is 60.7 Å². The second-order valence-corrected chi connectivity index (χ2v) is 7.27. The number of hydrogen-bond donors (Lipinski definition) is 1. The number of fused-ring (bicyclic) bond motifs is 3. The Labute approximate surface area is 164 Å². The fourth-order valence-corrected chi connectivity index (χ4v) is 3.78. The number of benzene rings is 3. The molecule has 0 fully saturated rings. The minimum atomic E-state index is -0.313. The number of likely N-dealkylation sites (N-methyl/N-ethyl adjacent to an activating group) is 1. The molecule has 0 amide bonds. The fraction of sp³-hybridized carbons (Fsp3) is 0.208. The van der Waals surface area contributed by atoms with Gasteiger partial charge in [-0.1, -0.05) is 60.7 Å². The molecule has 4 rings (SSSR count). The fourth-order valence-electron chi connectivity index (χ4n) is 3.78. The van der Waals surface area contributed by atoms with Gasteiger partial charge in [-0.3, -0.25) is 0 Å². The van der Waals surface area contributed by atoms with Crippen LogP contribution >= 0.6 is 0 Å². The maximum atomic E-state index is 12.1. The van der Waals surface area contributed by atoms with Crippen LogP contribution < -0.4 is 10.9 Å². The van der Waals surface area contributed by atoms with Crippen molar-refractivity contribution in [2.24, 2.45) is 0 Å². The zero-order valence-corrected chi connectivity index (χ0v) is 16.2. The van der Waals surface area contributed by atoms with Gasteiger partial charge in [-0.05, 0) is 42.1 Å². The van der Waals surface area contributed by atoms with Gasteiger partial charge in [-0.2, -0.15) is 0 Å². The Morgan fingerprint density at radius 3 is 2.50 bits per heavy atom. The van der Waals surface area contributed by atoms with E-state index in [-0.39, 0.29) is 11.7 Å². The number of hydrogen-bond acceptors (Lipinski definition) is 4. The van der Waals surface area contributed by atoms with Crippen molar-refractivity contribution in [2.45, 2.75) is 12.6 Å². The zero-order valence-electron chi connectivity index (χ0n) is 16.2. The molecule has 0 spiro atoms. The molecule has 142 valence electrons. The molecule has 0 saturated heterocycles. The number of rotatable bonds is 6. The summed E-state index contributed by atoms with van der Waals surface area (Å²) in [6, 6.07) is 24.4. The average molecular weight is 372 g/mol. The summed E-state index contributed by atoms with van der Waals surface area (Å²) < 4.78 is 5.45. The average Bonchev–Trinajstić information content (AvgIpc) is 2.71. The van der Waals surface area contributed by atoms with Crippen molar-refractivity contribution in [3.05, 3.63) is 94.3 Å². The highest BCUT2D eigenvalue weighted by atomic mass is 16.4. The van der Waals surface area contributed by atoms with E-state index >= 15 is 0 Å². The van der Waals surface area contributed by atoms with Gasteiger partial charge in [0.05, 0.1) is 0 Å². The molecule has 0 radical (unpaired) electrons. The summed E-state index contributed by atoms with van der Waals surface area (Å²) in [6.45, 7) is 1.39. The molecule has 1 heterocycles. The summed E-state index contributed by atoms with van der Waals surface area (Å²) in [5.74, 6) is 0. The van der Waals surface area contributed by atoms with Gasteiger partial charge in [-0.15, -0.1) is 0 Å². The Balaban J connectivity index is 1.64. The Morgan fingerprint density at radius 2 is 1.71 bits per heavy atom. The van der Waals surface area contributed by atoms with Gasteiger partial charge < -0.3 is 14.6 Å². The smallest absolute Gasteiger partial charge is 0.336 e. The van der Waals surface area contributed by atoms with E-state index in [1.807, 2.05) is 30.3 Å². The van der Waals surface area contributed by atoms with E-state index in [0.717, 1.165) is 28.3 Å². The normalized spacial score (nSPS) is 12.7. The molecule has 1 atom stereocenters. The van der Waals surface area contributed by atoms with Crippen LogP contribution in [-0.2, 0) is 6.54 Å². The predicted octanol–water partition coefficient (Wildman–Crippen LogP) is 4.34. The zero-order chi connectivity index (χ0) is 19.5. The number of nitrogens with zero attached hydrogens (tertiary/aromatic N) is 1. The third-order valence-corrected chi connectivity index (χ3v) is 5.18. The largest absolute Gasteiger partial charge is 0.423 e. The monoisotopic (exact) mass is 372 g/mol. The van der Waals surface area contributed by atoms with Gasteiger partial charge in [0.15, 0.2) is 0 Å². The molecule has 4 aromatic rings. The summed E-state index contributed by atoms with van der Waals surface area (Å²) in [5.41, 5.74) is 2.55. The van der Waals surface area contributed by atoms with Gasteiger partial charge in [0.2, 0.25) is 0 Å². The van der Waals surface area contributed by atoms with E-state index in [1.165, 1.54) is 5.56 Å². The Hall–Kier alpha value is -2.95. The summed E-state index contributed by atoms with van der Waals surface area (Å²) in [5, 5.41) is 6.79. The van der Waals surface area contributed by atoms with Crippen LogP contribution in [0, 0.1) is 0 Å². The lowest BCUT2D eigenvalue weighted by atomic mass is 10.0. The van der Waals surface area contributed by atoms with Crippen molar-refractivity contribution < 1.29 is 4.42 Å². The topological polar surface area (TPSA) is 45.5 Å². The van der Waals surface area contributed by atoms with Crippen LogP contribution in [0.1, 0.15) is 17.2 Å². The minimum Gasteiger partial charge on any atom is -0.423 e. The van der Waals surface area contributed by atoms with Crippen molar-refractivity contribution in [2.75, 3.05) is 20.6 Å². The van der Waals surface area contributed by atoms with Crippen molar-refractivity contribution in [1.29, 1.82) is 0 Å². The summed E-state index contributed by atoms with van der Waals surface area (Å²) >= 11 is 0. The highest BCUT2D eigenvalue weighted by Gasteiger charge is 2.14. The second-order valence-electron chi connectivity index (χ2n) is 7.27. The third kappa shape index (κ3) is 3.70. The molecule has 28 heavy (non-hydrogen) atoms. The molecule has 1 aromatic heterocycles. The first-order chi connectivity index (χ1) is 13.6. The van der Waals surface area contributed by atoms with E-state index in [1.54, 1.807) is 6.07 Å². The van der Waals surface area contributed by atoms with Crippen molar-refractivity contribution in [3.8, 4) is 0 Å². The van der Waals surface area contributed by atoms with Crippen LogP contribution in [0.25, 0.3) is 21.7 Å². The summed E-state index contributed by atoms with van der Waals surface area (Å²) in [4.78, 5) is 14.3. The van der Waals surface area contributed by atoms with Gasteiger partial charge >= 0.3 is 5.63 Å². The third-order valence-electron chi connectivity index (χ3n) is 5.18. The first-order valence-electron chi connectivity index (χ1n) is 9.50. The van der Waals surface area contributed by atoms with Crippen LogP contribution in [0.15, 0.2) is 82.0 Å². The Morgan fingerprint density at radius 1 is 0.964 bits per heavy atom. The molecule has 4 nitrogen and oxygen atoms in total. The lowest BCUT2D eigenvalue weighted by Gasteiger charge is -2.25. The molecule has 4 heteroatoms. The van der Waals surface area contributed by atoms with Crippen molar-refractivity contribution in [1.82, 2.24) is 10.2 Å². The molecule has 0 unspecified atom stereocenters. The molecule has 3 aromatic carbocycles. The van der Waals surface area contributed by atoms with E-state index in [4.69, 9.17) is 4.42 Å². The van der Waals surface area contributed by atoms with Crippen LogP contribution in [0.5, 0.6) is 0 Å². The number of nitrogens with one attached hydrogen (secondary N) is 1. The highest BCUT2D eigenvalue weighted by molar-refractivity contribution is 6.07.